The van der Waals surface area contributed by atoms with Gasteiger partial charge in [0.2, 0.25) is 0 Å². The van der Waals surface area contributed by atoms with Crippen molar-refractivity contribution >= 4 is 0 Å². The molecule has 1 aromatic carbocycles. The van der Waals surface area contributed by atoms with Gasteiger partial charge in [0.25, 0.3) is 0 Å². The molecule has 17 heavy (non-hydrogen) atoms. The fraction of sp³-hybridized carbons (Fsp3) is 0.600. The smallest absolute Gasteiger partial charge is 0.123 e. The number of nitrogens with one attached hydrogen (secondary N) is 1. The van der Waals surface area contributed by atoms with Crippen molar-refractivity contribution < 1.29 is 4.39 Å². The lowest BCUT2D eigenvalue weighted by atomic mass is 9.99. The summed E-state index contributed by atoms with van der Waals surface area (Å²) >= 11 is 0. The molecule has 1 aliphatic carbocycles. The van der Waals surface area contributed by atoms with Crippen molar-refractivity contribution in [3.8, 4) is 0 Å². The Hall–Kier alpha value is -0.890. The molecule has 1 unspecified atom stereocenters. The highest BCUT2D eigenvalue weighted by Gasteiger charge is 2.20. The average Bonchev–Trinajstić information content (AvgIpc) is 2.81. The van der Waals surface area contributed by atoms with Gasteiger partial charge in [0.1, 0.15) is 5.82 Å². The van der Waals surface area contributed by atoms with Crippen molar-refractivity contribution in [2.24, 2.45) is 5.92 Å². The molecule has 1 nitrogen and oxygen atoms in total. The Bertz CT molecular complexity index is 369. The van der Waals surface area contributed by atoms with Gasteiger partial charge in [-0.15, -0.1) is 0 Å². The quantitative estimate of drug-likeness (QED) is 0.837. The molecule has 0 spiro atoms. The SMILES string of the molecule is Cc1cc(F)ccc1CNC(C)C1CCCC1. The molecule has 2 heteroatoms. The summed E-state index contributed by atoms with van der Waals surface area (Å²) in [5.74, 6) is 0.686. The minimum atomic E-state index is -0.143. The summed E-state index contributed by atoms with van der Waals surface area (Å²) in [5.41, 5.74) is 2.24. The van der Waals surface area contributed by atoms with Crippen molar-refractivity contribution in [2.45, 2.75) is 52.1 Å². The van der Waals surface area contributed by atoms with E-state index in [1.54, 1.807) is 12.1 Å². The summed E-state index contributed by atoms with van der Waals surface area (Å²) in [4.78, 5) is 0. The van der Waals surface area contributed by atoms with Gasteiger partial charge in [-0.2, -0.15) is 0 Å². The van der Waals surface area contributed by atoms with E-state index in [0.717, 1.165) is 18.0 Å². The zero-order valence-electron chi connectivity index (χ0n) is 10.8. The summed E-state index contributed by atoms with van der Waals surface area (Å²) in [6.07, 6.45) is 5.48. The van der Waals surface area contributed by atoms with E-state index in [4.69, 9.17) is 0 Å². The molecule has 1 fully saturated rings. The van der Waals surface area contributed by atoms with Crippen LogP contribution in [0.15, 0.2) is 18.2 Å². The minimum absolute atomic E-state index is 0.143. The number of rotatable bonds is 4. The first-order chi connectivity index (χ1) is 8.16. The summed E-state index contributed by atoms with van der Waals surface area (Å²) in [7, 11) is 0. The second kappa shape index (κ2) is 5.63. The van der Waals surface area contributed by atoms with Gasteiger partial charge in [0.05, 0.1) is 0 Å². The molecule has 0 saturated heterocycles. The van der Waals surface area contributed by atoms with Crippen LogP contribution in [0.1, 0.15) is 43.7 Å². The van der Waals surface area contributed by atoms with Gasteiger partial charge in [0.15, 0.2) is 0 Å². The maximum absolute atomic E-state index is 13.0. The summed E-state index contributed by atoms with van der Waals surface area (Å²) in [6, 6.07) is 5.61. The first-order valence-corrected chi connectivity index (χ1v) is 6.65. The van der Waals surface area contributed by atoms with Crippen LogP contribution in [0.25, 0.3) is 0 Å². The second-order valence-electron chi connectivity index (χ2n) is 5.28. The molecule has 0 aliphatic heterocycles. The van der Waals surface area contributed by atoms with Crippen molar-refractivity contribution in [3.05, 3.63) is 35.1 Å². The lowest BCUT2D eigenvalue weighted by Crippen LogP contribution is -2.31. The molecule has 1 aromatic rings. The fourth-order valence-corrected chi connectivity index (χ4v) is 2.75. The van der Waals surface area contributed by atoms with Gasteiger partial charge in [-0.3, -0.25) is 0 Å². The molecular formula is C15H22FN. The van der Waals surface area contributed by atoms with Crippen LogP contribution in [0.2, 0.25) is 0 Å². The van der Waals surface area contributed by atoms with E-state index in [0.29, 0.717) is 6.04 Å². The Morgan fingerprint density at radius 2 is 2.06 bits per heavy atom. The van der Waals surface area contributed by atoms with Crippen LogP contribution in [0, 0.1) is 18.7 Å². The summed E-state index contributed by atoms with van der Waals surface area (Å²) < 4.78 is 13.0. The molecule has 0 aromatic heterocycles. The maximum atomic E-state index is 13.0. The lowest BCUT2D eigenvalue weighted by molar-refractivity contribution is 0.380. The number of halogens is 1. The van der Waals surface area contributed by atoms with Gasteiger partial charge in [-0.05, 0) is 55.9 Å². The molecule has 1 atom stereocenters. The maximum Gasteiger partial charge on any atom is 0.123 e. The monoisotopic (exact) mass is 235 g/mol. The van der Waals surface area contributed by atoms with Crippen LogP contribution in [-0.2, 0) is 6.54 Å². The van der Waals surface area contributed by atoms with Gasteiger partial charge in [0, 0.05) is 12.6 Å². The predicted octanol–water partition coefficient (Wildman–Crippen LogP) is 3.80. The van der Waals surface area contributed by atoms with Crippen molar-refractivity contribution in [1.82, 2.24) is 5.32 Å². The van der Waals surface area contributed by atoms with E-state index in [2.05, 4.69) is 12.2 Å². The highest BCUT2D eigenvalue weighted by atomic mass is 19.1. The molecule has 1 aliphatic rings. The molecule has 1 N–H and O–H groups in total. The number of benzene rings is 1. The summed E-state index contributed by atoms with van der Waals surface area (Å²) in [6.45, 7) is 5.10. The third-order valence-corrected chi connectivity index (χ3v) is 4.03. The Labute approximate surface area is 103 Å². The van der Waals surface area contributed by atoms with Crippen molar-refractivity contribution in [1.29, 1.82) is 0 Å². The molecular weight excluding hydrogens is 213 g/mol. The Morgan fingerprint density at radius 3 is 2.71 bits per heavy atom. The zero-order chi connectivity index (χ0) is 12.3. The number of hydrogen-bond donors (Lipinski definition) is 1. The lowest BCUT2D eigenvalue weighted by Gasteiger charge is -2.21. The summed E-state index contributed by atoms with van der Waals surface area (Å²) in [5, 5.41) is 3.58. The van der Waals surface area contributed by atoms with Gasteiger partial charge >= 0.3 is 0 Å². The van der Waals surface area contributed by atoms with Gasteiger partial charge in [-0.25, -0.2) is 4.39 Å². The third-order valence-electron chi connectivity index (χ3n) is 4.03. The molecule has 94 valence electrons. The minimum Gasteiger partial charge on any atom is -0.310 e. The van der Waals surface area contributed by atoms with E-state index < -0.39 is 0 Å². The predicted molar refractivity (Wildman–Crippen MR) is 69.4 cm³/mol. The van der Waals surface area contributed by atoms with Crippen LogP contribution in [0.3, 0.4) is 0 Å². The van der Waals surface area contributed by atoms with E-state index in [1.165, 1.54) is 31.2 Å². The van der Waals surface area contributed by atoms with Crippen LogP contribution < -0.4 is 5.32 Å². The standard InChI is InChI=1S/C15H22FN/c1-11-9-15(16)8-7-14(11)10-17-12(2)13-5-3-4-6-13/h7-9,12-13,17H,3-6,10H2,1-2H3. The first kappa shape index (κ1) is 12.6. The van der Waals surface area contributed by atoms with E-state index >= 15 is 0 Å². The largest absolute Gasteiger partial charge is 0.310 e. The molecule has 0 amide bonds. The molecule has 1 saturated carbocycles. The van der Waals surface area contributed by atoms with Crippen LogP contribution in [-0.4, -0.2) is 6.04 Å². The Morgan fingerprint density at radius 1 is 1.35 bits per heavy atom. The highest BCUT2D eigenvalue weighted by Crippen LogP contribution is 2.27. The zero-order valence-corrected chi connectivity index (χ0v) is 10.8. The van der Waals surface area contributed by atoms with Crippen LogP contribution in [0.4, 0.5) is 4.39 Å². The number of hydrogen-bond acceptors (Lipinski definition) is 1. The van der Waals surface area contributed by atoms with E-state index in [-0.39, 0.29) is 5.82 Å². The normalized spacial score (nSPS) is 18.5. The van der Waals surface area contributed by atoms with Gasteiger partial charge in [-0.1, -0.05) is 18.9 Å². The van der Waals surface area contributed by atoms with Gasteiger partial charge < -0.3 is 5.32 Å². The van der Waals surface area contributed by atoms with Crippen LogP contribution in [0.5, 0.6) is 0 Å². The van der Waals surface area contributed by atoms with Crippen molar-refractivity contribution in [2.75, 3.05) is 0 Å². The Kier molecular flexibility index (Phi) is 4.16. The second-order valence-corrected chi connectivity index (χ2v) is 5.28. The third kappa shape index (κ3) is 3.29. The topological polar surface area (TPSA) is 12.0 Å². The van der Waals surface area contributed by atoms with Crippen molar-refractivity contribution in [3.63, 3.8) is 0 Å². The van der Waals surface area contributed by atoms with E-state index in [9.17, 15) is 4.39 Å². The van der Waals surface area contributed by atoms with Crippen LogP contribution >= 0.6 is 0 Å². The number of aryl methyl sites for hydroxylation is 1. The molecule has 2 rings (SSSR count). The average molecular weight is 235 g/mol. The Balaban J connectivity index is 1.88. The van der Waals surface area contributed by atoms with E-state index in [1.807, 2.05) is 13.0 Å². The fourth-order valence-electron chi connectivity index (χ4n) is 2.75. The first-order valence-electron chi connectivity index (χ1n) is 6.65. The molecule has 0 bridgehead atoms. The molecule has 0 heterocycles. The molecule has 0 radical (unpaired) electrons. The highest BCUT2D eigenvalue weighted by molar-refractivity contribution is 5.26.